The van der Waals surface area contributed by atoms with Crippen LogP contribution in [0.3, 0.4) is 0 Å². The lowest BCUT2D eigenvalue weighted by Crippen LogP contribution is -2.12. The quantitative estimate of drug-likeness (QED) is 0.163. The van der Waals surface area contributed by atoms with Gasteiger partial charge in [-0.15, -0.1) is 0 Å². The van der Waals surface area contributed by atoms with Crippen LogP contribution in [0.1, 0.15) is 126 Å². The summed E-state index contributed by atoms with van der Waals surface area (Å²) in [6, 6.07) is 15.5. The van der Waals surface area contributed by atoms with Crippen LogP contribution < -0.4 is 4.74 Å². The Morgan fingerprint density at radius 3 is 1.12 bits per heavy atom. The molecule has 0 heterocycles. The predicted octanol–water partition coefficient (Wildman–Crippen LogP) is 12.2. The van der Waals surface area contributed by atoms with Gasteiger partial charge in [0.05, 0.1) is 0 Å². The van der Waals surface area contributed by atoms with Crippen molar-refractivity contribution in [3.8, 4) is 34.5 Å². The average molecular weight is 673 g/mol. The third kappa shape index (κ3) is 9.22. The molecule has 260 valence electrons. The fraction of sp³-hybridized carbons (Fsp3) is 0.429. The Balaban J connectivity index is 0.000000261. The zero-order valence-electron chi connectivity index (χ0n) is 31.4. The molecule has 0 fully saturated rings. The summed E-state index contributed by atoms with van der Waals surface area (Å²) >= 11 is 1.67. The van der Waals surface area contributed by atoms with Crippen LogP contribution in [0.5, 0.6) is 34.5 Å². The Hall–Kier alpha value is -3.77. The van der Waals surface area contributed by atoms with E-state index in [0.717, 1.165) is 65.8 Å². The van der Waals surface area contributed by atoms with Crippen molar-refractivity contribution in [2.24, 2.45) is 0 Å². The number of hydrogen-bond acceptors (Lipinski definition) is 6. The molecule has 0 unspecified atom stereocenters. The minimum absolute atomic E-state index is 0.118. The summed E-state index contributed by atoms with van der Waals surface area (Å²) in [5, 5.41) is 41.0. The first-order valence-corrected chi connectivity index (χ1v) is 17.5. The number of ether oxygens (including phenoxy) is 1. The lowest BCUT2D eigenvalue weighted by Gasteiger charge is -2.24. The van der Waals surface area contributed by atoms with Gasteiger partial charge in [0.25, 0.3) is 0 Å². The van der Waals surface area contributed by atoms with Crippen molar-refractivity contribution in [1.29, 1.82) is 0 Å². The number of benzene rings is 4. The zero-order chi connectivity index (χ0) is 36.5. The van der Waals surface area contributed by atoms with Gasteiger partial charge in [0.1, 0.15) is 34.5 Å². The molecule has 5 nitrogen and oxygen atoms in total. The molecular weight excluding hydrogens is 617 g/mol. The van der Waals surface area contributed by atoms with Crippen LogP contribution in [0, 0.1) is 27.7 Å². The van der Waals surface area contributed by atoms with E-state index in [9.17, 15) is 20.4 Å². The molecule has 0 radical (unpaired) electrons. The zero-order valence-corrected chi connectivity index (χ0v) is 32.2. The van der Waals surface area contributed by atoms with Crippen molar-refractivity contribution in [3.05, 3.63) is 93.0 Å². The van der Waals surface area contributed by atoms with Gasteiger partial charge in [-0.3, -0.25) is 0 Å². The fourth-order valence-electron chi connectivity index (χ4n) is 5.53. The van der Waals surface area contributed by atoms with E-state index in [1.165, 1.54) is 0 Å². The smallest absolute Gasteiger partial charge is 0.130 e. The highest BCUT2D eigenvalue weighted by Gasteiger charge is 2.23. The molecule has 48 heavy (non-hydrogen) atoms. The SMILES string of the molecule is Cc1cc(O)c(C(C)C)cc1Oc1cc(C(C)C)c(O)cc1C.Cc1cc(Sc2cc(C)c(O)c(C(C)(C)C)c2)cc(C(C)(C)C)c1O. The molecule has 0 bridgehead atoms. The normalized spacial score (nSPS) is 11.9. The van der Waals surface area contributed by atoms with Gasteiger partial charge in [-0.1, -0.05) is 81.0 Å². The number of rotatable bonds is 6. The first kappa shape index (κ1) is 38.7. The highest BCUT2D eigenvalue weighted by molar-refractivity contribution is 7.99. The van der Waals surface area contributed by atoms with Crippen molar-refractivity contribution < 1.29 is 25.2 Å². The predicted molar refractivity (Wildman–Crippen MR) is 201 cm³/mol. The van der Waals surface area contributed by atoms with E-state index in [2.05, 4.69) is 53.7 Å². The van der Waals surface area contributed by atoms with E-state index in [1.807, 2.05) is 79.7 Å². The van der Waals surface area contributed by atoms with E-state index in [0.29, 0.717) is 23.0 Å². The maximum Gasteiger partial charge on any atom is 0.130 e. The Kier molecular flexibility index (Phi) is 11.9. The van der Waals surface area contributed by atoms with Crippen LogP contribution in [-0.4, -0.2) is 20.4 Å². The van der Waals surface area contributed by atoms with Gasteiger partial charge in [0.15, 0.2) is 0 Å². The minimum atomic E-state index is -0.118. The first-order chi connectivity index (χ1) is 22.0. The van der Waals surface area contributed by atoms with Gasteiger partial charge in [-0.05, 0) is 121 Å². The van der Waals surface area contributed by atoms with Gasteiger partial charge in [0.2, 0.25) is 0 Å². The molecule has 6 heteroatoms. The van der Waals surface area contributed by atoms with Crippen LogP contribution in [-0.2, 0) is 10.8 Å². The van der Waals surface area contributed by atoms with E-state index in [1.54, 1.807) is 23.9 Å². The maximum atomic E-state index is 10.4. The number of phenolic OH excluding ortho intramolecular Hbond substituents is 4. The van der Waals surface area contributed by atoms with Crippen molar-refractivity contribution >= 4 is 11.8 Å². The molecule has 0 aromatic heterocycles. The lowest BCUT2D eigenvalue weighted by atomic mass is 9.85. The molecular formula is C42H56O5S. The van der Waals surface area contributed by atoms with Crippen LogP contribution in [0.15, 0.2) is 58.3 Å². The molecule has 4 aromatic rings. The Bertz CT molecular complexity index is 1640. The van der Waals surface area contributed by atoms with Crippen LogP contribution in [0.2, 0.25) is 0 Å². The summed E-state index contributed by atoms with van der Waals surface area (Å²) in [5.74, 6) is 3.26. The van der Waals surface area contributed by atoms with E-state index >= 15 is 0 Å². The van der Waals surface area contributed by atoms with Crippen molar-refractivity contribution in [1.82, 2.24) is 0 Å². The van der Waals surface area contributed by atoms with Gasteiger partial charge in [-0.25, -0.2) is 0 Å². The summed E-state index contributed by atoms with van der Waals surface area (Å²) in [4.78, 5) is 2.20. The summed E-state index contributed by atoms with van der Waals surface area (Å²) in [6.45, 7) is 28.5. The molecule has 4 N–H and O–H groups in total. The van der Waals surface area contributed by atoms with Gasteiger partial charge in [-0.2, -0.15) is 0 Å². The lowest BCUT2D eigenvalue weighted by molar-refractivity contribution is 0.441. The molecule has 0 aliphatic carbocycles. The number of phenols is 4. The van der Waals surface area contributed by atoms with E-state index in [4.69, 9.17) is 4.74 Å². The molecule has 4 rings (SSSR count). The first-order valence-electron chi connectivity index (χ1n) is 16.7. The summed E-state index contributed by atoms with van der Waals surface area (Å²) < 4.78 is 6.11. The van der Waals surface area contributed by atoms with Crippen LogP contribution in [0.25, 0.3) is 0 Å². The van der Waals surface area contributed by atoms with Crippen molar-refractivity contribution in [3.63, 3.8) is 0 Å². The standard InChI is InChI=1S/C22H30O2S.C20H26O3/c1-13-9-15(11-17(19(13)23)21(3,4)5)25-16-10-14(2)20(24)18(12-16)22(6,7)8;1-11(2)15-9-19(13(5)7-17(15)21)23-20-10-16(12(3)4)18(22)8-14(20)6/h9-12,23-24H,1-8H3;7-12,21-22H,1-6H3. The topological polar surface area (TPSA) is 90.2 Å². The molecule has 0 saturated heterocycles. The highest BCUT2D eigenvalue weighted by atomic mass is 32.2. The summed E-state index contributed by atoms with van der Waals surface area (Å²) in [6.07, 6.45) is 0. The fourth-order valence-corrected chi connectivity index (χ4v) is 6.63. The maximum absolute atomic E-state index is 10.4. The molecule has 0 saturated carbocycles. The largest absolute Gasteiger partial charge is 0.508 e. The number of aromatic hydroxyl groups is 4. The second-order valence-corrected chi connectivity index (χ2v) is 16.8. The molecule has 0 spiro atoms. The highest BCUT2D eigenvalue weighted by Crippen LogP contribution is 2.42. The molecule has 0 aliphatic heterocycles. The van der Waals surface area contributed by atoms with Gasteiger partial charge in [0, 0.05) is 32.0 Å². The third-order valence-corrected chi connectivity index (χ3v) is 9.45. The van der Waals surface area contributed by atoms with E-state index < -0.39 is 0 Å². The Labute approximate surface area is 293 Å². The molecule has 0 aliphatic rings. The number of hydrogen-bond donors (Lipinski definition) is 4. The van der Waals surface area contributed by atoms with Crippen LogP contribution >= 0.6 is 11.8 Å². The van der Waals surface area contributed by atoms with Gasteiger partial charge < -0.3 is 25.2 Å². The third-order valence-electron chi connectivity index (χ3n) is 8.51. The van der Waals surface area contributed by atoms with Crippen molar-refractivity contribution in [2.75, 3.05) is 0 Å². The minimum Gasteiger partial charge on any atom is -0.508 e. The molecule has 4 aromatic carbocycles. The summed E-state index contributed by atoms with van der Waals surface area (Å²) in [7, 11) is 0. The Morgan fingerprint density at radius 1 is 0.500 bits per heavy atom. The second kappa shape index (κ2) is 14.8. The van der Waals surface area contributed by atoms with Crippen molar-refractivity contribution in [2.45, 2.75) is 129 Å². The van der Waals surface area contributed by atoms with Gasteiger partial charge >= 0.3 is 0 Å². The number of aryl methyl sites for hydroxylation is 4. The second-order valence-electron chi connectivity index (χ2n) is 15.6. The average Bonchev–Trinajstić information content (AvgIpc) is 2.93. The monoisotopic (exact) mass is 672 g/mol. The summed E-state index contributed by atoms with van der Waals surface area (Å²) in [5.41, 5.74) is 6.96. The van der Waals surface area contributed by atoms with E-state index in [-0.39, 0.29) is 22.7 Å². The molecule has 0 atom stereocenters. The van der Waals surface area contributed by atoms with Crippen LogP contribution in [0.4, 0.5) is 0 Å². The molecule has 0 amide bonds. The Morgan fingerprint density at radius 2 is 0.833 bits per heavy atom.